The predicted octanol–water partition coefficient (Wildman–Crippen LogP) is 3.90. The molecule has 0 atom stereocenters. The highest BCUT2D eigenvalue weighted by Crippen LogP contribution is 2.34. The van der Waals surface area contributed by atoms with Crippen LogP contribution in [-0.4, -0.2) is 6.10 Å². The number of hydrogen-bond donors (Lipinski definition) is 1. The van der Waals surface area contributed by atoms with E-state index in [4.69, 9.17) is 33.7 Å². The summed E-state index contributed by atoms with van der Waals surface area (Å²) in [5.41, 5.74) is 6.35. The van der Waals surface area contributed by atoms with Crippen LogP contribution in [0, 0.1) is 0 Å². The average molecular weight is 246 g/mol. The fourth-order valence-corrected chi connectivity index (χ4v) is 2.16. The number of rotatable bonds is 2. The first-order chi connectivity index (χ1) is 7.16. The molecule has 1 aromatic carbocycles. The smallest absolute Gasteiger partial charge is 0.144 e. The Kier molecular flexibility index (Phi) is 3.27. The maximum atomic E-state index is 5.90. The maximum absolute atomic E-state index is 5.90. The summed E-state index contributed by atoms with van der Waals surface area (Å²) in [6, 6.07) is 3.33. The monoisotopic (exact) mass is 245 g/mol. The van der Waals surface area contributed by atoms with Crippen LogP contribution in [-0.2, 0) is 0 Å². The van der Waals surface area contributed by atoms with Crippen LogP contribution in [0.1, 0.15) is 25.7 Å². The van der Waals surface area contributed by atoms with E-state index in [-0.39, 0.29) is 6.10 Å². The van der Waals surface area contributed by atoms with Gasteiger partial charge in [-0.3, -0.25) is 0 Å². The number of halogens is 2. The highest BCUT2D eigenvalue weighted by molar-refractivity contribution is 6.42. The molecular weight excluding hydrogens is 233 g/mol. The molecule has 2 N–H and O–H groups in total. The van der Waals surface area contributed by atoms with Gasteiger partial charge in [0.15, 0.2) is 0 Å². The van der Waals surface area contributed by atoms with Crippen LogP contribution in [0.5, 0.6) is 5.75 Å². The molecule has 82 valence electrons. The van der Waals surface area contributed by atoms with Crippen molar-refractivity contribution < 1.29 is 4.74 Å². The van der Waals surface area contributed by atoms with Crippen LogP contribution in [0.2, 0.25) is 10.0 Å². The minimum atomic E-state index is 0.282. The molecule has 1 saturated carbocycles. The molecule has 0 aliphatic heterocycles. The summed E-state index contributed by atoms with van der Waals surface area (Å²) >= 11 is 11.7. The molecule has 0 spiro atoms. The zero-order valence-corrected chi connectivity index (χ0v) is 9.81. The van der Waals surface area contributed by atoms with Crippen LogP contribution < -0.4 is 10.5 Å². The van der Waals surface area contributed by atoms with Gasteiger partial charge >= 0.3 is 0 Å². The molecule has 1 fully saturated rings. The van der Waals surface area contributed by atoms with E-state index in [0.717, 1.165) is 12.8 Å². The van der Waals surface area contributed by atoms with Crippen LogP contribution in [0.25, 0.3) is 0 Å². The third-order valence-corrected chi connectivity index (χ3v) is 3.37. The van der Waals surface area contributed by atoms with E-state index in [1.54, 1.807) is 12.1 Å². The SMILES string of the molecule is Nc1cc(Cl)c(Cl)cc1OC1CCCC1. The Hall–Kier alpha value is -0.600. The maximum Gasteiger partial charge on any atom is 0.144 e. The van der Waals surface area contributed by atoms with Gasteiger partial charge in [0.2, 0.25) is 0 Å². The zero-order chi connectivity index (χ0) is 10.8. The third-order valence-electron chi connectivity index (χ3n) is 2.65. The molecule has 0 unspecified atom stereocenters. The van der Waals surface area contributed by atoms with Crippen molar-refractivity contribution in [1.29, 1.82) is 0 Å². The minimum Gasteiger partial charge on any atom is -0.488 e. The molecule has 4 heteroatoms. The summed E-state index contributed by atoms with van der Waals surface area (Å²) in [6.45, 7) is 0. The van der Waals surface area contributed by atoms with Crippen molar-refractivity contribution >= 4 is 28.9 Å². The lowest BCUT2D eigenvalue weighted by Gasteiger charge is -2.15. The van der Waals surface area contributed by atoms with Gasteiger partial charge in [-0.25, -0.2) is 0 Å². The Morgan fingerprint density at radius 2 is 1.73 bits per heavy atom. The number of anilines is 1. The molecule has 2 nitrogen and oxygen atoms in total. The Labute approximate surface area is 99.3 Å². The fourth-order valence-electron chi connectivity index (χ4n) is 1.83. The lowest BCUT2D eigenvalue weighted by Crippen LogP contribution is -2.12. The van der Waals surface area contributed by atoms with E-state index < -0.39 is 0 Å². The van der Waals surface area contributed by atoms with E-state index in [9.17, 15) is 0 Å². The largest absolute Gasteiger partial charge is 0.488 e. The van der Waals surface area contributed by atoms with Crippen molar-refractivity contribution in [2.75, 3.05) is 5.73 Å². The van der Waals surface area contributed by atoms with Crippen molar-refractivity contribution in [3.05, 3.63) is 22.2 Å². The lowest BCUT2D eigenvalue weighted by molar-refractivity contribution is 0.211. The van der Waals surface area contributed by atoms with E-state index >= 15 is 0 Å². The van der Waals surface area contributed by atoms with Gasteiger partial charge in [-0.05, 0) is 31.7 Å². The highest BCUT2D eigenvalue weighted by atomic mass is 35.5. The normalized spacial score (nSPS) is 16.9. The van der Waals surface area contributed by atoms with Gasteiger partial charge in [-0.1, -0.05) is 23.2 Å². The van der Waals surface area contributed by atoms with E-state index in [2.05, 4.69) is 0 Å². The second-order valence-electron chi connectivity index (χ2n) is 3.83. The summed E-state index contributed by atoms with van der Waals surface area (Å²) < 4.78 is 5.77. The lowest BCUT2D eigenvalue weighted by atomic mass is 10.2. The van der Waals surface area contributed by atoms with E-state index in [0.29, 0.717) is 21.5 Å². The molecule has 0 heterocycles. The van der Waals surface area contributed by atoms with Crippen LogP contribution >= 0.6 is 23.2 Å². The Morgan fingerprint density at radius 3 is 2.40 bits per heavy atom. The predicted molar refractivity (Wildman–Crippen MR) is 63.8 cm³/mol. The van der Waals surface area contributed by atoms with Gasteiger partial charge in [-0.15, -0.1) is 0 Å². The first kappa shape index (κ1) is 10.9. The number of benzene rings is 1. The quantitative estimate of drug-likeness (QED) is 0.803. The molecule has 1 aliphatic rings. The van der Waals surface area contributed by atoms with Gasteiger partial charge in [0, 0.05) is 6.07 Å². The van der Waals surface area contributed by atoms with Crippen molar-refractivity contribution in [2.24, 2.45) is 0 Å². The molecular formula is C11H13Cl2NO. The van der Waals surface area contributed by atoms with Gasteiger partial charge in [0.1, 0.15) is 5.75 Å². The summed E-state index contributed by atoms with van der Waals surface area (Å²) in [6.07, 6.45) is 4.93. The number of ether oxygens (including phenoxy) is 1. The molecule has 15 heavy (non-hydrogen) atoms. The fraction of sp³-hybridized carbons (Fsp3) is 0.455. The van der Waals surface area contributed by atoms with Gasteiger partial charge in [0.25, 0.3) is 0 Å². The Balaban J connectivity index is 2.16. The van der Waals surface area contributed by atoms with E-state index in [1.807, 2.05) is 0 Å². The van der Waals surface area contributed by atoms with Gasteiger partial charge in [-0.2, -0.15) is 0 Å². The molecule has 0 saturated heterocycles. The Bertz CT molecular complexity index is 362. The number of nitrogens with two attached hydrogens (primary N) is 1. The zero-order valence-electron chi connectivity index (χ0n) is 8.30. The average Bonchev–Trinajstić information content (AvgIpc) is 2.67. The molecule has 0 aromatic heterocycles. The third kappa shape index (κ3) is 2.50. The first-order valence-corrected chi connectivity index (χ1v) is 5.83. The molecule has 2 rings (SSSR count). The number of hydrogen-bond acceptors (Lipinski definition) is 2. The summed E-state index contributed by atoms with van der Waals surface area (Å²) in [5, 5.41) is 0.951. The van der Waals surface area contributed by atoms with Crippen LogP contribution in [0.3, 0.4) is 0 Å². The van der Waals surface area contributed by atoms with E-state index in [1.165, 1.54) is 12.8 Å². The second-order valence-corrected chi connectivity index (χ2v) is 4.64. The summed E-state index contributed by atoms with van der Waals surface area (Å²) in [4.78, 5) is 0. The van der Waals surface area contributed by atoms with Crippen LogP contribution in [0.4, 0.5) is 5.69 Å². The molecule has 1 aliphatic carbocycles. The summed E-state index contributed by atoms with van der Waals surface area (Å²) in [5.74, 6) is 0.649. The highest BCUT2D eigenvalue weighted by Gasteiger charge is 2.18. The summed E-state index contributed by atoms with van der Waals surface area (Å²) in [7, 11) is 0. The minimum absolute atomic E-state index is 0.282. The number of nitrogen functional groups attached to an aromatic ring is 1. The van der Waals surface area contributed by atoms with Crippen LogP contribution in [0.15, 0.2) is 12.1 Å². The Morgan fingerprint density at radius 1 is 1.13 bits per heavy atom. The van der Waals surface area contributed by atoms with Gasteiger partial charge < -0.3 is 10.5 Å². The van der Waals surface area contributed by atoms with Crippen molar-refractivity contribution in [1.82, 2.24) is 0 Å². The topological polar surface area (TPSA) is 35.2 Å². The van der Waals surface area contributed by atoms with Crippen molar-refractivity contribution in [3.8, 4) is 5.75 Å². The molecule has 0 amide bonds. The molecule has 0 bridgehead atoms. The molecule has 0 radical (unpaired) electrons. The van der Waals surface area contributed by atoms with Gasteiger partial charge in [0.05, 0.1) is 21.8 Å². The second kappa shape index (κ2) is 4.50. The van der Waals surface area contributed by atoms with Crippen molar-refractivity contribution in [2.45, 2.75) is 31.8 Å². The first-order valence-electron chi connectivity index (χ1n) is 5.08. The molecule has 1 aromatic rings. The standard InChI is InChI=1S/C11H13Cl2NO/c12-8-5-10(14)11(6-9(8)13)15-7-3-1-2-4-7/h5-7H,1-4,14H2. The van der Waals surface area contributed by atoms with Crippen molar-refractivity contribution in [3.63, 3.8) is 0 Å².